The minimum absolute atomic E-state index is 0.204. The number of aliphatic hydroxyl groups excluding tert-OH is 1. The average Bonchev–Trinajstić information content (AvgIpc) is 2.36. The zero-order chi connectivity index (χ0) is 14.3. The summed E-state index contributed by atoms with van der Waals surface area (Å²) in [6, 6.07) is 10.5. The molecule has 0 fully saturated rings. The number of nitrogens with zero attached hydrogens (tertiary/aromatic N) is 1. The molecular weight excluding hydrogens is 234 g/mol. The lowest BCUT2D eigenvalue weighted by molar-refractivity contribution is 0.0794. The molecule has 0 aliphatic rings. The minimum atomic E-state index is -0.204. The van der Waals surface area contributed by atoms with Crippen molar-refractivity contribution in [2.24, 2.45) is 11.8 Å². The Hall–Kier alpha value is -0.860. The SMILES string of the molecule is CC(C)CC(Cc1ccccc1)C(O)CCN(C)C. The van der Waals surface area contributed by atoms with Crippen LogP contribution in [0.3, 0.4) is 0 Å². The molecule has 1 rings (SSSR count). The van der Waals surface area contributed by atoms with Gasteiger partial charge < -0.3 is 10.0 Å². The maximum absolute atomic E-state index is 10.4. The first-order valence-corrected chi connectivity index (χ1v) is 7.35. The van der Waals surface area contributed by atoms with E-state index in [0.717, 1.165) is 25.8 Å². The largest absolute Gasteiger partial charge is 0.393 e. The van der Waals surface area contributed by atoms with Crippen LogP contribution < -0.4 is 0 Å². The van der Waals surface area contributed by atoms with Crippen LogP contribution in [-0.4, -0.2) is 36.8 Å². The maximum atomic E-state index is 10.4. The molecule has 0 aliphatic carbocycles. The summed E-state index contributed by atoms with van der Waals surface area (Å²) in [4.78, 5) is 2.14. The van der Waals surface area contributed by atoms with Crippen molar-refractivity contribution in [3.63, 3.8) is 0 Å². The van der Waals surface area contributed by atoms with Crippen molar-refractivity contribution >= 4 is 0 Å². The van der Waals surface area contributed by atoms with Crippen LogP contribution in [0.15, 0.2) is 30.3 Å². The Morgan fingerprint density at radius 2 is 1.74 bits per heavy atom. The summed E-state index contributed by atoms with van der Waals surface area (Å²) in [6.07, 6.45) is 2.72. The highest BCUT2D eigenvalue weighted by molar-refractivity contribution is 5.15. The first-order chi connectivity index (χ1) is 8.99. The third-order valence-corrected chi connectivity index (χ3v) is 3.53. The lowest BCUT2D eigenvalue weighted by Crippen LogP contribution is -2.28. The van der Waals surface area contributed by atoms with E-state index in [1.165, 1.54) is 5.56 Å². The van der Waals surface area contributed by atoms with Gasteiger partial charge in [-0.25, -0.2) is 0 Å². The van der Waals surface area contributed by atoms with Crippen molar-refractivity contribution in [2.75, 3.05) is 20.6 Å². The molecule has 108 valence electrons. The van der Waals surface area contributed by atoms with E-state index in [1.54, 1.807) is 0 Å². The van der Waals surface area contributed by atoms with E-state index in [1.807, 2.05) is 6.07 Å². The second-order valence-corrected chi connectivity index (χ2v) is 6.24. The number of aliphatic hydroxyl groups is 1. The van der Waals surface area contributed by atoms with Gasteiger partial charge in [0.2, 0.25) is 0 Å². The van der Waals surface area contributed by atoms with Crippen molar-refractivity contribution < 1.29 is 5.11 Å². The molecule has 0 aliphatic heterocycles. The van der Waals surface area contributed by atoms with Gasteiger partial charge in [0.15, 0.2) is 0 Å². The van der Waals surface area contributed by atoms with E-state index in [2.05, 4.69) is 57.1 Å². The molecule has 2 nitrogen and oxygen atoms in total. The zero-order valence-corrected chi connectivity index (χ0v) is 12.8. The van der Waals surface area contributed by atoms with Crippen LogP contribution in [0.4, 0.5) is 0 Å². The molecule has 0 bridgehead atoms. The highest BCUT2D eigenvalue weighted by atomic mass is 16.3. The third kappa shape index (κ3) is 6.74. The zero-order valence-electron chi connectivity index (χ0n) is 12.8. The van der Waals surface area contributed by atoms with Crippen LogP contribution in [-0.2, 0) is 6.42 Å². The molecule has 0 aromatic heterocycles. The molecule has 2 unspecified atom stereocenters. The van der Waals surface area contributed by atoms with Gasteiger partial charge in [-0.3, -0.25) is 0 Å². The van der Waals surface area contributed by atoms with Crippen LogP contribution in [0.25, 0.3) is 0 Å². The Morgan fingerprint density at radius 1 is 1.11 bits per heavy atom. The predicted octanol–water partition coefficient (Wildman–Crippen LogP) is 3.20. The van der Waals surface area contributed by atoms with Crippen molar-refractivity contribution in [3.05, 3.63) is 35.9 Å². The first kappa shape index (κ1) is 16.2. The lowest BCUT2D eigenvalue weighted by atomic mass is 9.85. The summed E-state index contributed by atoms with van der Waals surface area (Å²) in [5, 5.41) is 10.4. The van der Waals surface area contributed by atoms with Crippen LogP contribution in [0.1, 0.15) is 32.3 Å². The van der Waals surface area contributed by atoms with Crippen LogP contribution in [0.5, 0.6) is 0 Å². The predicted molar refractivity (Wildman–Crippen MR) is 82.3 cm³/mol. The van der Waals surface area contributed by atoms with Crippen molar-refractivity contribution in [3.8, 4) is 0 Å². The van der Waals surface area contributed by atoms with Gasteiger partial charge >= 0.3 is 0 Å². The smallest absolute Gasteiger partial charge is 0.0583 e. The number of rotatable bonds is 8. The van der Waals surface area contributed by atoms with Gasteiger partial charge in [0.05, 0.1) is 6.10 Å². The van der Waals surface area contributed by atoms with Gasteiger partial charge in [0, 0.05) is 0 Å². The summed E-state index contributed by atoms with van der Waals surface area (Å²) < 4.78 is 0. The number of hydrogen-bond donors (Lipinski definition) is 1. The molecule has 0 saturated heterocycles. The molecule has 1 aromatic rings. The highest BCUT2D eigenvalue weighted by Gasteiger charge is 2.20. The van der Waals surface area contributed by atoms with Crippen LogP contribution in [0, 0.1) is 11.8 Å². The molecule has 0 saturated carbocycles. The monoisotopic (exact) mass is 263 g/mol. The number of hydrogen-bond acceptors (Lipinski definition) is 2. The topological polar surface area (TPSA) is 23.5 Å². The van der Waals surface area contributed by atoms with Gasteiger partial charge in [-0.1, -0.05) is 44.2 Å². The molecule has 0 spiro atoms. The molecule has 0 amide bonds. The Labute approximate surface area is 118 Å². The minimum Gasteiger partial charge on any atom is -0.393 e. The van der Waals surface area contributed by atoms with E-state index in [4.69, 9.17) is 0 Å². The second kappa shape index (κ2) is 8.34. The molecule has 0 radical (unpaired) electrons. The second-order valence-electron chi connectivity index (χ2n) is 6.24. The van der Waals surface area contributed by atoms with E-state index >= 15 is 0 Å². The van der Waals surface area contributed by atoms with E-state index < -0.39 is 0 Å². The molecule has 2 atom stereocenters. The molecule has 2 heteroatoms. The highest BCUT2D eigenvalue weighted by Crippen LogP contribution is 2.22. The Bertz CT molecular complexity index is 334. The average molecular weight is 263 g/mol. The lowest BCUT2D eigenvalue weighted by Gasteiger charge is -2.26. The summed E-state index contributed by atoms with van der Waals surface area (Å²) in [7, 11) is 4.11. The summed E-state index contributed by atoms with van der Waals surface area (Å²) in [5.41, 5.74) is 1.33. The van der Waals surface area contributed by atoms with E-state index in [-0.39, 0.29) is 6.10 Å². The molecule has 1 N–H and O–H groups in total. The Morgan fingerprint density at radius 3 is 2.26 bits per heavy atom. The number of benzene rings is 1. The summed E-state index contributed by atoms with van der Waals surface area (Å²) in [5.74, 6) is 0.991. The molecule has 1 aromatic carbocycles. The molecule has 0 heterocycles. The fourth-order valence-electron chi connectivity index (χ4n) is 2.52. The normalized spacial score (nSPS) is 14.9. The van der Waals surface area contributed by atoms with Gasteiger partial charge in [-0.2, -0.15) is 0 Å². The summed E-state index contributed by atoms with van der Waals surface area (Å²) >= 11 is 0. The van der Waals surface area contributed by atoms with E-state index in [0.29, 0.717) is 11.8 Å². The van der Waals surface area contributed by atoms with Gasteiger partial charge in [0.1, 0.15) is 0 Å². The third-order valence-electron chi connectivity index (χ3n) is 3.53. The van der Waals surface area contributed by atoms with Crippen molar-refractivity contribution in [2.45, 2.75) is 39.2 Å². The maximum Gasteiger partial charge on any atom is 0.0583 e. The van der Waals surface area contributed by atoms with Gasteiger partial charge in [-0.15, -0.1) is 0 Å². The standard InChI is InChI=1S/C17H29NO/c1-14(2)12-16(17(19)10-11-18(3)4)13-15-8-6-5-7-9-15/h5-9,14,16-17,19H,10-13H2,1-4H3. The van der Waals surface area contributed by atoms with Crippen molar-refractivity contribution in [1.29, 1.82) is 0 Å². The van der Waals surface area contributed by atoms with Gasteiger partial charge in [0.25, 0.3) is 0 Å². The quantitative estimate of drug-likeness (QED) is 0.778. The first-order valence-electron chi connectivity index (χ1n) is 7.35. The fraction of sp³-hybridized carbons (Fsp3) is 0.647. The fourth-order valence-corrected chi connectivity index (χ4v) is 2.52. The van der Waals surface area contributed by atoms with Crippen LogP contribution in [0.2, 0.25) is 0 Å². The van der Waals surface area contributed by atoms with Crippen molar-refractivity contribution in [1.82, 2.24) is 4.90 Å². The summed E-state index contributed by atoms with van der Waals surface area (Å²) in [6.45, 7) is 5.41. The molecule has 19 heavy (non-hydrogen) atoms. The Balaban J connectivity index is 2.60. The Kier molecular flexibility index (Phi) is 7.11. The van der Waals surface area contributed by atoms with Gasteiger partial charge in [-0.05, 0) is 57.3 Å². The molecular formula is C17H29NO. The van der Waals surface area contributed by atoms with E-state index in [9.17, 15) is 5.11 Å². The van der Waals surface area contributed by atoms with Crippen LogP contribution >= 0.6 is 0 Å².